The number of anilines is 2. The maximum Gasteiger partial charge on any atom is 0.253 e. The van der Waals surface area contributed by atoms with Crippen molar-refractivity contribution in [2.24, 2.45) is 0 Å². The molecule has 15 heavy (non-hydrogen) atoms. The molecule has 1 aromatic carbocycles. The van der Waals surface area contributed by atoms with E-state index in [9.17, 15) is 9.59 Å². The van der Waals surface area contributed by atoms with Crippen LogP contribution in [0.5, 0.6) is 0 Å². The predicted molar refractivity (Wildman–Crippen MR) is 56.9 cm³/mol. The third-order valence-corrected chi connectivity index (χ3v) is 2.60. The van der Waals surface area contributed by atoms with Gasteiger partial charge in [0, 0.05) is 19.6 Å². The van der Waals surface area contributed by atoms with Crippen LogP contribution in [0.25, 0.3) is 0 Å². The van der Waals surface area contributed by atoms with Crippen LogP contribution in [-0.2, 0) is 0 Å². The average molecular weight is 205 g/mol. The summed E-state index contributed by atoms with van der Waals surface area (Å²) >= 11 is 0. The van der Waals surface area contributed by atoms with Crippen LogP contribution in [0.15, 0.2) is 9.59 Å². The summed E-state index contributed by atoms with van der Waals surface area (Å²) in [7, 11) is 0. The second-order valence-electron chi connectivity index (χ2n) is 3.56. The van der Waals surface area contributed by atoms with E-state index in [0.717, 1.165) is 13.0 Å². The minimum Gasteiger partial charge on any atom is -0.380 e. The van der Waals surface area contributed by atoms with Crippen molar-refractivity contribution in [3.05, 3.63) is 20.4 Å². The zero-order valence-corrected chi connectivity index (χ0v) is 8.25. The number of nitrogens with one attached hydrogen (secondary N) is 1. The van der Waals surface area contributed by atoms with Crippen LogP contribution in [0.3, 0.4) is 0 Å². The van der Waals surface area contributed by atoms with Crippen LogP contribution < -0.4 is 21.1 Å². The molecule has 78 valence electrons. The summed E-state index contributed by atoms with van der Waals surface area (Å²) in [5.41, 5.74) is 0.0781. The van der Waals surface area contributed by atoms with Gasteiger partial charge in [-0.05, 0) is 6.42 Å². The van der Waals surface area contributed by atoms with Crippen LogP contribution in [0.1, 0.15) is 12.8 Å². The Labute approximate surface area is 86.6 Å². The van der Waals surface area contributed by atoms with Crippen LogP contribution in [0.2, 0.25) is 0 Å². The van der Waals surface area contributed by atoms with Crippen molar-refractivity contribution in [1.82, 2.24) is 0 Å². The number of hydrogen-bond donors (Lipinski definition) is 1. The molecule has 1 aliphatic rings. The van der Waals surface area contributed by atoms with Crippen molar-refractivity contribution in [2.75, 3.05) is 29.9 Å². The zero-order valence-electron chi connectivity index (χ0n) is 8.25. The Morgan fingerprint density at radius 3 is 2.93 bits per heavy atom. The van der Waals surface area contributed by atoms with Crippen molar-refractivity contribution < 1.29 is 0 Å². The van der Waals surface area contributed by atoms with E-state index in [1.807, 2.05) is 11.0 Å². The lowest BCUT2D eigenvalue weighted by Crippen LogP contribution is -2.41. The van der Waals surface area contributed by atoms with Crippen molar-refractivity contribution in [3.8, 4) is 6.07 Å². The molecule has 0 atom stereocenters. The minimum atomic E-state index is -0.422. The molecule has 0 spiro atoms. The van der Waals surface area contributed by atoms with Gasteiger partial charge in [-0.25, -0.2) is 0 Å². The van der Waals surface area contributed by atoms with Crippen LogP contribution in [0.4, 0.5) is 11.4 Å². The molecule has 0 radical (unpaired) electrons. The molecule has 0 saturated carbocycles. The smallest absolute Gasteiger partial charge is 0.253 e. The second kappa shape index (κ2) is 3.73. The molecule has 1 heterocycles. The van der Waals surface area contributed by atoms with Crippen LogP contribution in [0, 0.1) is 11.3 Å². The van der Waals surface area contributed by atoms with Crippen LogP contribution >= 0.6 is 0 Å². The van der Waals surface area contributed by atoms with Gasteiger partial charge in [0.15, 0.2) is 0 Å². The van der Waals surface area contributed by atoms with E-state index in [1.54, 1.807) is 0 Å². The highest BCUT2D eigenvalue weighted by molar-refractivity contribution is 5.75. The highest BCUT2D eigenvalue weighted by Gasteiger charge is 2.27. The predicted octanol–water partition coefficient (Wildman–Crippen LogP) is -0.182. The molecule has 1 aliphatic heterocycles. The lowest BCUT2D eigenvalue weighted by atomic mass is 10.1. The van der Waals surface area contributed by atoms with Gasteiger partial charge >= 0.3 is 0 Å². The van der Waals surface area contributed by atoms with Crippen molar-refractivity contribution in [3.63, 3.8) is 0 Å². The molecule has 2 rings (SSSR count). The van der Waals surface area contributed by atoms with Gasteiger partial charge in [0.05, 0.1) is 12.5 Å². The Bertz CT molecular complexity index is 479. The Morgan fingerprint density at radius 1 is 1.40 bits per heavy atom. The third-order valence-electron chi connectivity index (χ3n) is 2.60. The second-order valence-corrected chi connectivity index (χ2v) is 3.56. The Morgan fingerprint density at radius 2 is 2.20 bits per heavy atom. The molecule has 5 heteroatoms. The minimum absolute atomic E-state index is 0.373. The van der Waals surface area contributed by atoms with E-state index in [0.29, 0.717) is 30.9 Å². The Hall–Kier alpha value is -1.83. The van der Waals surface area contributed by atoms with E-state index in [2.05, 4.69) is 5.32 Å². The quantitative estimate of drug-likeness (QED) is 0.678. The summed E-state index contributed by atoms with van der Waals surface area (Å²) in [6.07, 6.45) is 1.25. The summed E-state index contributed by atoms with van der Waals surface area (Å²) in [6, 6.07) is 2.04. The lowest BCUT2D eigenvalue weighted by Gasteiger charge is -2.23. The first-order valence-electron chi connectivity index (χ1n) is 4.95. The first-order valence-corrected chi connectivity index (χ1v) is 4.95. The summed E-state index contributed by atoms with van der Waals surface area (Å²) < 4.78 is 0. The molecular weight excluding hydrogens is 194 g/mol. The SMILES string of the molecule is N#CCCN1CCCNc2c1c(=O)c2=O. The number of hydrogen-bond acceptors (Lipinski definition) is 5. The molecule has 0 fully saturated rings. The van der Waals surface area contributed by atoms with E-state index in [-0.39, 0.29) is 0 Å². The summed E-state index contributed by atoms with van der Waals surface area (Å²) in [5, 5.41) is 11.4. The van der Waals surface area contributed by atoms with Gasteiger partial charge in [-0.1, -0.05) is 0 Å². The topological polar surface area (TPSA) is 73.2 Å². The number of rotatable bonds is 2. The van der Waals surface area contributed by atoms with E-state index >= 15 is 0 Å². The zero-order chi connectivity index (χ0) is 10.8. The molecule has 5 nitrogen and oxygen atoms in total. The Balaban J connectivity index is 2.27. The molecule has 0 unspecified atom stereocenters. The highest BCUT2D eigenvalue weighted by atomic mass is 16.2. The summed E-state index contributed by atoms with van der Waals surface area (Å²) in [6.45, 7) is 1.96. The fourth-order valence-electron chi connectivity index (χ4n) is 1.85. The van der Waals surface area contributed by atoms with Gasteiger partial charge in [-0.15, -0.1) is 0 Å². The first-order chi connectivity index (χ1) is 7.25. The normalized spacial score (nSPS) is 15.3. The summed E-state index contributed by atoms with van der Waals surface area (Å²) in [4.78, 5) is 24.4. The van der Waals surface area contributed by atoms with Crippen LogP contribution in [-0.4, -0.2) is 19.6 Å². The molecule has 1 N–H and O–H groups in total. The molecule has 0 bridgehead atoms. The fraction of sp³-hybridized carbons (Fsp3) is 0.500. The highest BCUT2D eigenvalue weighted by Crippen LogP contribution is 2.22. The van der Waals surface area contributed by atoms with Crippen molar-refractivity contribution in [1.29, 1.82) is 5.26 Å². The molecular formula is C10H11N3O2. The Kier molecular flexibility index (Phi) is 2.42. The van der Waals surface area contributed by atoms with E-state index in [4.69, 9.17) is 5.26 Å². The van der Waals surface area contributed by atoms with E-state index < -0.39 is 10.9 Å². The number of fused-ring (bicyclic) bond motifs is 1. The van der Waals surface area contributed by atoms with Gasteiger partial charge < -0.3 is 10.2 Å². The first kappa shape index (κ1) is 9.71. The molecule has 0 aliphatic carbocycles. The molecule has 0 amide bonds. The fourth-order valence-corrected chi connectivity index (χ4v) is 1.85. The summed E-state index contributed by atoms with van der Waals surface area (Å²) in [5.74, 6) is 0. The van der Waals surface area contributed by atoms with Gasteiger partial charge in [0.25, 0.3) is 10.9 Å². The van der Waals surface area contributed by atoms with Gasteiger partial charge in [0.2, 0.25) is 0 Å². The number of nitriles is 1. The van der Waals surface area contributed by atoms with Crippen molar-refractivity contribution >= 4 is 11.4 Å². The third kappa shape index (κ3) is 1.48. The van der Waals surface area contributed by atoms with Gasteiger partial charge in [-0.2, -0.15) is 5.26 Å². The van der Waals surface area contributed by atoms with Gasteiger partial charge in [-0.3, -0.25) is 9.59 Å². The molecule has 0 aromatic heterocycles. The maximum atomic E-state index is 11.4. The number of nitrogens with zero attached hydrogens (tertiary/aromatic N) is 2. The molecule has 1 aromatic rings. The van der Waals surface area contributed by atoms with Gasteiger partial charge in [0.1, 0.15) is 11.4 Å². The maximum absolute atomic E-state index is 11.4. The standard InChI is InChI=1S/C10H11N3O2/c11-3-1-5-13-6-2-4-12-7-8(13)10(15)9(7)14/h12H,1-2,4-6H2. The lowest BCUT2D eigenvalue weighted by molar-refractivity contribution is 0.762. The largest absolute Gasteiger partial charge is 0.380 e. The molecule has 0 saturated heterocycles. The monoisotopic (exact) mass is 205 g/mol. The van der Waals surface area contributed by atoms with Crippen molar-refractivity contribution in [2.45, 2.75) is 12.8 Å². The van der Waals surface area contributed by atoms with E-state index in [1.165, 1.54) is 0 Å². The average Bonchev–Trinajstić information content (AvgIpc) is 2.45.